The van der Waals surface area contributed by atoms with E-state index in [9.17, 15) is 4.79 Å². The molecule has 1 aliphatic rings. The Labute approximate surface area is 149 Å². The van der Waals surface area contributed by atoms with E-state index < -0.39 is 0 Å². The molecule has 0 amide bonds. The molecule has 0 N–H and O–H groups in total. The molecular weight excluding hydrogens is 342 g/mol. The molecule has 0 radical (unpaired) electrons. The Morgan fingerprint density at radius 1 is 1.38 bits per heavy atom. The minimum absolute atomic E-state index is 0.0845. The Bertz CT molecular complexity index is 949. The van der Waals surface area contributed by atoms with Gasteiger partial charge in [0.2, 0.25) is 0 Å². The van der Waals surface area contributed by atoms with Crippen LogP contribution in [0.2, 0.25) is 5.02 Å². The van der Waals surface area contributed by atoms with Gasteiger partial charge in [0.1, 0.15) is 5.65 Å². The van der Waals surface area contributed by atoms with E-state index in [0.717, 1.165) is 25.1 Å². The predicted octanol–water partition coefficient (Wildman–Crippen LogP) is 3.92. The summed E-state index contributed by atoms with van der Waals surface area (Å²) in [7, 11) is 0. The van der Waals surface area contributed by atoms with E-state index in [-0.39, 0.29) is 5.56 Å². The summed E-state index contributed by atoms with van der Waals surface area (Å²) < 4.78 is 1.50. The molecule has 4 rings (SSSR count). The molecule has 24 heavy (non-hydrogen) atoms. The zero-order valence-electron chi connectivity index (χ0n) is 13.4. The summed E-state index contributed by atoms with van der Waals surface area (Å²) in [5.41, 5.74) is 2.82. The highest BCUT2D eigenvalue weighted by molar-refractivity contribution is 7.10. The van der Waals surface area contributed by atoms with E-state index in [1.165, 1.54) is 14.8 Å². The summed E-state index contributed by atoms with van der Waals surface area (Å²) >= 11 is 7.82. The summed E-state index contributed by atoms with van der Waals surface area (Å²) in [5.74, 6) is 0. The molecule has 3 aromatic rings. The van der Waals surface area contributed by atoms with Crippen LogP contribution >= 0.6 is 22.9 Å². The number of rotatable bonds is 3. The van der Waals surface area contributed by atoms with Crippen LogP contribution in [-0.2, 0) is 13.0 Å². The van der Waals surface area contributed by atoms with Crippen LogP contribution in [0.15, 0.2) is 40.6 Å². The number of halogens is 1. The Morgan fingerprint density at radius 3 is 3.08 bits per heavy atom. The number of fused-ring (bicyclic) bond motifs is 2. The van der Waals surface area contributed by atoms with Crippen LogP contribution in [0.5, 0.6) is 0 Å². The van der Waals surface area contributed by atoms with Crippen molar-refractivity contribution in [2.24, 2.45) is 0 Å². The lowest BCUT2D eigenvalue weighted by atomic mass is 9.97. The van der Waals surface area contributed by atoms with Crippen molar-refractivity contribution in [3.63, 3.8) is 0 Å². The topological polar surface area (TPSA) is 37.6 Å². The number of nitrogens with zero attached hydrogens (tertiary/aromatic N) is 3. The smallest absolute Gasteiger partial charge is 0.258 e. The van der Waals surface area contributed by atoms with E-state index in [1.54, 1.807) is 24.4 Å². The number of aromatic nitrogens is 2. The van der Waals surface area contributed by atoms with Crippen molar-refractivity contribution in [3.05, 3.63) is 67.4 Å². The molecule has 0 saturated heterocycles. The van der Waals surface area contributed by atoms with E-state index in [4.69, 9.17) is 11.6 Å². The first kappa shape index (κ1) is 15.8. The maximum absolute atomic E-state index is 12.3. The first-order valence-electron chi connectivity index (χ1n) is 8.14. The molecule has 4 heterocycles. The van der Waals surface area contributed by atoms with Gasteiger partial charge in [-0.1, -0.05) is 18.5 Å². The summed E-state index contributed by atoms with van der Waals surface area (Å²) in [5, 5.41) is 2.72. The van der Waals surface area contributed by atoms with Crippen molar-refractivity contribution in [1.29, 1.82) is 0 Å². The quantitative estimate of drug-likeness (QED) is 0.711. The van der Waals surface area contributed by atoms with Crippen LogP contribution in [0.1, 0.15) is 35.5 Å². The van der Waals surface area contributed by atoms with E-state index in [0.29, 0.717) is 23.3 Å². The Morgan fingerprint density at radius 2 is 2.25 bits per heavy atom. The molecule has 0 bridgehead atoms. The molecule has 0 fully saturated rings. The average molecular weight is 360 g/mol. The van der Waals surface area contributed by atoms with Crippen LogP contribution in [0.25, 0.3) is 5.65 Å². The largest absolute Gasteiger partial charge is 0.290 e. The molecule has 6 heteroatoms. The summed E-state index contributed by atoms with van der Waals surface area (Å²) in [4.78, 5) is 20.9. The third-order valence-electron chi connectivity index (χ3n) is 4.63. The molecule has 3 aromatic heterocycles. The molecule has 124 valence electrons. The minimum atomic E-state index is -0.0845. The lowest BCUT2D eigenvalue weighted by Gasteiger charge is -2.35. The molecule has 4 nitrogen and oxygen atoms in total. The zero-order chi connectivity index (χ0) is 16.7. The predicted molar refractivity (Wildman–Crippen MR) is 97.9 cm³/mol. The summed E-state index contributed by atoms with van der Waals surface area (Å²) in [6.45, 7) is 3.92. The summed E-state index contributed by atoms with van der Waals surface area (Å²) in [6.07, 6.45) is 3.75. The van der Waals surface area contributed by atoms with Crippen LogP contribution in [0, 0.1) is 0 Å². The van der Waals surface area contributed by atoms with Gasteiger partial charge < -0.3 is 0 Å². The number of pyridine rings is 1. The van der Waals surface area contributed by atoms with Crippen molar-refractivity contribution < 1.29 is 0 Å². The van der Waals surface area contributed by atoms with Gasteiger partial charge in [0.05, 0.1) is 10.7 Å². The first-order chi connectivity index (χ1) is 11.7. The molecule has 0 saturated carbocycles. The monoisotopic (exact) mass is 359 g/mol. The van der Waals surface area contributed by atoms with Crippen LogP contribution in [-0.4, -0.2) is 20.8 Å². The van der Waals surface area contributed by atoms with Crippen molar-refractivity contribution in [1.82, 2.24) is 14.3 Å². The van der Waals surface area contributed by atoms with E-state index in [2.05, 4.69) is 28.3 Å². The second-order valence-corrected chi connectivity index (χ2v) is 7.54. The Balaban J connectivity index is 1.67. The van der Waals surface area contributed by atoms with E-state index >= 15 is 0 Å². The van der Waals surface area contributed by atoms with E-state index in [1.807, 2.05) is 11.3 Å². The maximum Gasteiger partial charge on any atom is 0.258 e. The molecule has 0 aromatic carbocycles. The molecular formula is C18H18ClN3OS. The maximum atomic E-state index is 12.3. The lowest BCUT2D eigenvalue weighted by Crippen LogP contribution is -2.34. The Kier molecular flexibility index (Phi) is 4.16. The number of hydrogen-bond acceptors (Lipinski definition) is 4. The highest BCUT2D eigenvalue weighted by atomic mass is 35.5. The van der Waals surface area contributed by atoms with Gasteiger partial charge in [-0.25, -0.2) is 4.98 Å². The lowest BCUT2D eigenvalue weighted by molar-refractivity contribution is 0.171. The fraction of sp³-hybridized carbons (Fsp3) is 0.333. The van der Waals surface area contributed by atoms with Gasteiger partial charge in [-0.3, -0.25) is 14.1 Å². The van der Waals surface area contributed by atoms with Gasteiger partial charge in [0.25, 0.3) is 5.56 Å². The van der Waals surface area contributed by atoms with Crippen molar-refractivity contribution >= 4 is 28.6 Å². The highest BCUT2D eigenvalue weighted by Gasteiger charge is 2.27. The summed E-state index contributed by atoms with van der Waals surface area (Å²) in [6, 6.07) is 7.83. The fourth-order valence-corrected chi connectivity index (χ4v) is 4.62. The molecule has 1 atom stereocenters. The van der Waals surface area contributed by atoms with Gasteiger partial charge >= 0.3 is 0 Å². The molecule has 0 aliphatic carbocycles. The highest BCUT2D eigenvalue weighted by Crippen LogP contribution is 2.35. The van der Waals surface area contributed by atoms with Gasteiger partial charge in [-0.05, 0) is 42.0 Å². The van der Waals surface area contributed by atoms with Gasteiger partial charge in [0, 0.05) is 36.3 Å². The van der Waals surface area contributed by atoms with Crippen LogP contribution in [0.4, 0.5) is 0 Å². The third-order valence-corrected chi connectivity index (χ3v) is 5.85. The second kappa shape index (κ2) is 6.31. The SMILES string of the molecule is CC[C@H]1c2ccsc2CCN1Cc1cc(=O)n2cc(Cl)ccc2n1. The number of thiophene rings is 1. The van der Waals surface area contributed by atoms with Crippen molar-refractivity contribution in [3.8, 4) is 0 Å². The molecule has 0 spiro atoms. The average Bonchev–Trinajstić information content (AvgIpc) is 3.04. The van der Waals surface area contributed by atoms with Crippen molar-refractivity contribution in [2.75, 3.05) is 6.54 Å². The first-order valence-corrected chi connectivity index (χ1v) is 9.39. The Hall–Kier alpha value is -1.69. The van der Waals surface area contributed by atoms with Gasteiger partial charge in [-0.15, -0.1) is 11.3 Å². The zero-order valence-corrected chi connectivity index (χ0v) is 15.0. The minimum Gasteiger partial charge on any atom is -0.290 e. The number of hydrogen-bond donors (Lipinski definition) is 0. The normalized spacial score (nSPS) is 18.0. The third kappa shape index (κ3) is 2.77. The van der Waals surface area contributed by atoms with Crippen LogP contribution in [0.3, 0.4) is 0 Å². The van der Waals surface area contributed by atoms with Gasteiger partial charge in [0.15, 0.2) is 0 Å². The van der Waals surface area contributed by atoms with Gasteiger partial charge in [-0.2, -0.15) is 0 Å². The molecule has 0 unspecified atom stereocenters. The standard InChI is InChI=1S/C18H18ClN3OS/c1-2-15-14-6-8-24-16(14)5-7-21(15)11-13-9-18(23)22-10-12(19)3-4-17(22)20-13/h3-4,6,8-10,15H,2,5,7,11H2,1H3/t15-/m0/s1. The van der Waals surface area contributed by atoms with Crippen LogP contribution < -0.4 is 5.56 Å². The van der Waals surface area contributed by atoms with Crippen molar-refractivity contribution in [2.45, 2.75) is 32.4 Å². The fourth-order valence-electron chi connectivity index (χ4n) is 3.53. The second-order valence-electron chi connectivity index (χ2n) is 6.10. The molecule has 1 aliphatic heterocycles.